The van der Waals surface area contributed by atoms with Gasteiger partial charge in [-0.3, -0.25) is 9.78 Å². The van der Waals surface area contributed by atoms with Crippen LogP contribution < -0.4 is 10.2 Å². The lowest BCUT2D eigenvalue weighted by molar-refractivity contribution is 0.0581. The van der Waals surface area contributed by atoms with Crippen molar-refractivity contribution >= 4 is 23.8 Å². The number of nitrogens with one attached hydrogen (secondary N) is 1. The van der Waals surface area contributed by atoms with Crippen molar-refractivity contribution in [3.63, 3.8) is 0 Å². The first-order valence-electron chi connectivity index (χ1n) is 6.73. The number of hydrogen-bond donors (Lipinski definition) is 2. The second kappa shape index (κ2) is 5.63. The maximum Gasteiger partial charge on any atom is 0.424 e. The van der Waals surface area contributed by atoms with Gasteiger partial charge in [-0.05, 0) is 33.3 Å². The smallest absolute Gasteiger partial charge is 0.424 e. The number of carboxylic acid groups (broad SMARTS) is 1. The van der Waals surface area contributed by atoms with Gasteiger partial charge in [0.05, 0.1) is 5.69 Å². The summed E-state index contributed by atoms with van der Waals surface area (Å²) in [4.78, 5) is 39.9. The van der Waals surface area contributed by atoms with E-state index in [0.29, 0.717) is 23.4 Å². The maximum absolute atomic E-state index is 12.2. The molecule has 0 aromatic carbocycles. The normalized spacial score (nSPS) is 13.9. The summed E-state index contributed by atoms with van der Waals surface area (Å²) in [5.41, 5.74) is -0.199. The van der Waals surface area contributed by atoms with E-state index in [-0.39, 0.29) is 11.4 Å². The van der Waals surface area contributed by atoms with Crippen LogP contribution in [0.4, 0.5) is 15.3 Å². The van der Waals surface area contributed by atoms with Crippen molar-refractivity contribution in [2.45, 2.75) is 32.8 Å². The van der Waals surface area contributed by atoms with E-state index in [2.05, 4.69) is 10.3 Å². The molecule has 1 aliphatic heterocycles. The van der Waals surface area contributed by atoms with Crippen LogP contribution in [0.2, 0.25) is 0 Å². The van der Waals surface area contributed by atoms with Gasteiger partial charge in [0, 0.05) is 18.3 Å². The monoisotopic (exact) mass is 307 g/mol. The lowest BCUT2D eigenvalue weighted by atomic mass is 10.0. The predicted molar refractivity (Wildman–Crippen MR) is 77.0 cm³/mol. The summed E-state index contributed by atoms with van der Waals surface area (Å²) < 4.78 is 5.12. The van der Waals surface area contributed by atoms with Crippen LogP contribution in [0.3, 0.4) is 0 Å². The first kappa shape index (κ1) is 15.7. The van der Waals surface area contributed by atoms with Crippen molar-refractivity contribution in [3.8, 4) is 0 Å². The molecule has 2 heterocycles. The van der Waals surface area contributed by atoms with E-state index in [0.717, 1.165) is 0 Å². The van der Waals surface area contributed by atoms with Gasteiger partial charge in [-0.15, -0.1) is 0 Å². The maximum atomic E-state index is 12.2. The van der Waals surface area contributed by atoms with E-state index in [1.807, 2.05) is 0 Å². The van der Waals surface area contributed by atoms with E-state index >= 15 is 0 Å². The van der Waals surface area contributed by atoms with Crippen LogP contribution in [0.5, 0.6) is 0 Å². The van der Waals surface area contributed by atoms with E-state index in [1.54, 1.807) is 20.8 Å². The summed E-state index contributed by atoms with van der Waals surface area (Å²) in [6.07, 6.45) is -0.816. The largest absolute Gasteiger partial charge is 0.464 e. The number of anilines is 1. The topological polar surface area (TPSA) is 109 Å². The van der Waals surface area contributed by atoms with E-state index in [9.17, 15) is 19.5 Å². The zero-order chi connectivity index (χ0) is 16.5. The Balaban J connectivity index is 2.46. The van der Waals surface area contributed by atoms with Crippen LogP contribution >= 0.6 is 0 Å². The molecule has 3 amide bonds. The molecule has 0 spiro atoms. The van der Waals surface area contributed by atoms with Gasteiger partial charge in [0.1, 0.15) is 11.3 Å². The highest BCUT2D eigenvalue weighted by atomic mass is 16.6. The Morgan fingerprint density at radius 1 is 1.41 bits per heavy atom. The average molecular weight is 307 g/mol. The summed E-state index contributed by atoms with van der Waals surface area (Å²) in [6.45, 7) is 5.27. The van der Waals surface area contributed by atoms with Gasteiger partial charge < -0.3 is 15.2 Å². The molecule has 1 aromatic heterocycles. The zero-order valence-electron chi connectivity index (χ0n) is 12.5. The molecule has 8 heteroatoms. The van der Waals surface area contributed by atoms with Crippen LogP contribution in [0, 0.1) is 0 Å². The van der Waals surface area contributed by atoms with Crippen molar-refractivity contribution < 1.29 is 24.2 Å². The number of hydrogen-bond acceptors (Lipinski definition) is 5. The summed E-state index contributed by atoms with van der Waals surface area (Å²) in [6, 6.07) is 1.38. The van der Waals surface area contributed by atoms with Gasteiger partial charge in [0.25, 0.3) is 5.91 Å². The number of carbonyl (C=O) groups is 3. The molecule has 8 nitrogen and oxygen atoms in total. The van der Waals surface area contributed by atoms with E-state index in [1.165, 1.54) is 12.3 Å². The molecule has 2 N–H and O–H groups in total. The molecule has 0 atom stereocenters. The summed E-state index contributed by atoms with van der Waals surface area (Å²) in [5, 5.41) is 12.0. The molecule has 0 aliphatic carbocycles. The molecule has 0 unspecified atom stereocenters. The fourth-order valence-corrected chi connectivity index (χ4v) is 2.11. The minimum Gasteiger partial charge on any atom is -0.464 e. The van der Waals surface area contributed by atoms with Gasteiger partial charge in [0.15, 0.2) is 0 Å². The van der Waals surface area contributed by atoms with Crippen molar-refractivity contribution in [1.82, 2.24) is 10.3 Å². The second-order valence-corrected chi connectivity index (χ2v) is 5.76. The number of imide groups is 1. The Labute approximate surface area is 127 Å². The molecule has 118 valence electrons. The van der Waals surface area contributed by atoms with Gasteiger partial charge >= 0.3 is 12.2 Å². The van der Waals surface area contributed by atoms with Crippen LogP contribution in [0.1, 0.15) is 36.8 Å². The fourth-order valence-electron chi connectivity index (χ4n) is 2.11. The summed E-state index contributed by atoms with van der Waals surface area (Å²) in [7, 11) is 0. The summed E-state index contributed by atoms with van der Waals surface area (Å²) >= 11 is 0. The van der Waals surface area contributed by atoms with Crippen molar-refractivity contribution in [1.29, 1.82) is 0 Å². The molecule has 0 fully saturated rings. The summed E-state index contributed by atoms with van der Waals surface area (Å²) in [5.74, 6) is -0.391. The Kier molecular flexibility index (Phi) is 4.03. The van der Waals surface area contributed by atoms with Gasteiger partial charge in [-0.25, -0.2) is 9.59 Å². The predicted octanol–water partition coefficient (Wildman–Crippen LogP) is 1.79. The van der Waals surface area contributed by atoms with Crippen LogP contribution in [0.25, 0.3) is 0 Å². The minimum atomic E-state index is -1.48. The van der Waals surface area contributed by atoms with Gasteiger partial charge in [0.2, 0.25) is 0 Å². The molecule has 1 aromatic rings. The lowest BCUT2D eigenvalue weighted by Gasteiger charge is -2.27. The molecular formula is C14H17N3O5. The van der Waals surface area contributed by atoms with Crippen LogP contribution in [0.15, 0.2) is 12.3 Å². The SMILES string of the molecule is CC(C)(C)OC(=O)N(C(=O)O)c1ccnc2c1CCNC2=O. The van der Waals surface area contributed by atoms with Crippen LogP contribution in [-0.4, -0.2) is 40.3 Å². The molecular weight excluding hydrogens is 290 g/mol. The molecule has 0 saturated carbocycles. The number of rotatable bonds is 1. The van der Waals surface area contributed by atoms with Crippen molar-refractivity contribution in [3.05, 3.63) is 23.5 Å². The third kappa shape index (κ3) is 3.16. The number of fused-ring (bicyclic) bond motifs is 1. The van der Waals surface area contributed by atoms with Crippen molar-refractivity contribution in [2.24, 2.45) is 0 Å². The lowest BCUT2D eigenvalue weighted by Crippen LogP contribution is -2.42. The zero-order valence-corrected chi connectivity index (χ0v) is 12.5. The molecule has 22 heavy (non-hydrogen) atoms. The Morgan fingerprint density at radius 3 is 2.68 bits per heavy atom. The molecule has 2 rings (SSSR count). The highest BCUT2D eigenvalue weighted by Gasteiger charge is 2.32. The molecule has 0 saturated heterocycles. The first-order chi connectivity index (χ1) is 10.2. The molecule has 0 radical (unpaired) electrons. The number of ether oxygens (including phenoxy) is 1. The Morgan fingerprint density at radius 2 is 2.09 bits per heavy atom. The average Bonchev–Trinajstić information content (AvgIpc) is 2.37. The highest BCUT2D eigenvalue weighted by molar-refractivity contribution is 6.10. The van der Waals surface area contributed by atoms with E-state index < -0.39 is 23.7 Å². The third-order valence-corrected chi connectivity index (χ3v) is 2.91. The Hall–Kier alpha value is -2.64. The third-order valence-electron chi connectivity index (χ3n) is 2.91. The number of nitrogens with zero attached hydrogens (tertiary/aromatic N) is 2. The van der Waals surface area contributed by atoms with Gasteiger partial charge in [-0.2, -0.15) is 4.90 Å². The molecule has 0 bridgehead atoms. The Bertz CT molecular complexity index is 636. The molecule has 1 aliphatic rings. The van der Waals surface area contributed by atoms with Crippen LogP contribution in [-0.2, 0) is 11.2 Å². The fraction of sp³-hybridized carbons (Fsp3) is 0.429. The quantitative estimate of drug-likeness (QED) is 0.818. The van der Waals surface area contributed by atoms with E-state index in [4.69, 9.17) is 4.74 Å². The van der Waals surface area contributed by atoms with Crippen molar-refractivity contribution in [2.75, 3.05) is 11.4 Å². The standard InChI is InChI=1S/C14H17N3O5/c1-14(2,3)22-13(21)17(12(19)20)9-5-7-15-10-8(9)4-6-16-11(10)18/h5,7H,4,6H2,1-3H3,(H,16,18)(H,19,20). The number of carbonyl (C=O) groups excluding carboxylic acids is 2. The highest BCUT2D eigenvalue weighted by Crippen LogP contribution is 2.27. The van der Waals surface area contributed by atoms with Gasteiger partial charge in [-0.1, -0.05) is 0 Å². The minimum absolute atomic E-state index is 0.0987. The number of pyridine rings is 1. The number of aromatic nitrogens is 1. The number of amides is 3. The second-order valence-electron chi connectivity index (χ2n) is 5.76. The first-order valence-corrected chi connectivity index (χ1v) is 6.73.